The molecule has 1 heterocycles. The van der Waals surface area contributed by atoms with Crippen LogP contribution < -0.4 is 0 Å². The molecule has 0 bridgehead atoms. The van der Waals surface area contributed by atoms with Gasteiger partial charge in [0.05, 0.1) is 12.0 Å². The van der Waals surface area contributed by atoms with E-state index in [9.17, 15) is 14.0 Å². The van der Waals surface area contributed by atoms with Crippen molar-refractivity contribution in [2.24, 2.45) is 0 Å². The molecule has 0 aliphatic carbocycles. The number of hydrogen-bond acceptors (Lipinski definition) is 4. The molecule has 1 aromatic carbocycles. The molecule has 0 atom stereocenters. The smallest absolute Gasteiger partial charge is 0.325 e. The van der Waals surface area contributed by atoms with Gasteiger partial charge >= 0.3 is 5.97 Å². The number of methoxy groups -OCH3 is 1. The fourth-order valence-corrected chi connectivity index (χ4v) is 2.99. The number of carbonyl (C=O) groups is 2. The number of carbonyl (C=O) groups excluding carboxylic acids is 2. The zero-order valence-electron chi connectivity index (χ0n) is 12.1. The number of thiophene rings is 1. The van der Waals surface area contributed by atoms with Gasteiger partial charge in [-0.15, -0.1) is 11.3 Å². The summed E-state index contributed by atoms with van der Waals surface area (Å²) in [7, 11) is 1.29. The van der Waals surface area contributed by atoms with E-state index in [0.29, 0.717) is 9.58 Å². The van der Waals surface area contributed by atoms with E-state index in [1.807, 2.05) is 13.8 Å². The van der Waals surface area contributed by atoms with Crippen LogP contribution in [0.3, 0.4) is 0 Å². The van der Waals surface area contributed by atoms with E-state index in [1.165, 1.54) is 35.5 Å². The van der Waals surface area contributed by atoms with Gasteiger partial charge in [-0.25, -0.2) is 4.39 Å². The van der Waals surface area contributed by atoms with Crippen molar-refractivity contribution in [2.75, 3.05) is 13.7 Å². The minimum atomic E-state index is -0.468. The van der Waals surface area contributed by atoms with E-state index in [-0.39, 0.29) is 24.3 Å². The number of rotatable bonds is 4. The van der Waals surface area contributed by atoms with E-state index < -0.39 is 5.97 Å². The molecular weight excluding hydrogens is 293 g/mol. The van der Waals surface area contributed by atoms with Gasteiger partial charge < -0.3 is 9.64 Å². The molecule has 4 nitrogen and oxygen atoms in total. The van der Waals surface area contributed by atoms with E-state index in [2.05, 4.69) is 4.74 Å². The molecule has 0 saturated carbocycles. The lowest BCUT2D eigenvalue weighted by molar-refractivity contribution is -0.141. The summed E-state index contributed by atoms with van der Waals surface area (Å²) in [5.41, 5.74) is 0. The minimum Gasteiger partial charge on any atom is -0.468 e. The summed E-state index contributed by atoms with van der Waals surface area (Å²) in [6, 6.07) is 5.97. The van der Waals surface area contributed by atoms with Gasteiger partial charge in [0, 0.05) is 10.7 Å². The molecule has 1 aromatic heterocycles. The Bertz CT molecular complexity index is 681. The SMILES string of the molecule is COC(=O)CN(C(=O)c1cc2ccc(F)cc2s1)C(C)C. The maximum Gasteiger partial charge on any atom is 0.325 e. The third kappa shape index (κ3) is 3.39. The molecule has 0 aliphatic rings. The average molecular weight is 309 g/mol. The summed E-state index contributed by atoms with van der Waals surface area (Å²) < 4.78 is 18.5. The molecule has 0 unspecified atom stereocenters. The van der Waals surface area contributed by atoms with Crippen LogP contribution in [-0.4, -0.2) is 36.5 Å². The van der Waals surface area contributed by atoms with Crippen LogP contribution in [0.5, 0.6) is 0 Å². The molecule has 112 valence electrons. The predicted molar refractivity (Wildman–Crippen MR) is 80.0 cm³/mol. The molecule has 2 aromatic rings. The molecule has 21 heavy (non-hydrogen) atoms. The quantitative estimate of drug-likeness (QED) is 0.816. The zero-order valence-corrected chi connectivity index (χ0v) is 12.9. The van der Waals surface area contributed by atoms with E-state index >= 15 is 0 Å². The highest BCUT2D eigenvalue weighted by molar-refractivity contribution is 7.20. The van der Waals surface area contributed by atoms with Crippen molar-refractivity contribution in [2.45, 2.75) is 19.9 Å². The zero-order chi connectivity index (χ0) is 15.6. The summed E-state index contributed by atoms with van der Waals surface area (Å²) >= 11 is 1.22. The van der Waals surface area contributed by atoms with E-state index in [1.54, 1.807) is 12.1 Å². The summed E-state index contributed by atoms with van der Waals surface area (Å²) in [5, 5.41) is 0.812. The Morgan fingerprint density at radius 2 is 2.05 bits per heavy atom. The van der Waals surface area contributed by atoms with Gasteiger partial charge in [0.25, 0.3) is 5.91 Å². The highest BCUT2D eigenvalue weighted by Crippen LogP contribution is 2.27. The van der Waals surface area contributed by atoms with Crippen molar-refractivity contribution in [3.8, 4) is 0 Å². The number of hydrogen-bond donors (Lipinski definition) is 0. The van der Waals surface area contributed by atoms with Crippen molar-refractivity contribution in [1.29, 1.82) is 0 Å². The van der Waals surface area contributed by atoms with Crippen molar-refractivity contribution >= 4 is 33.3 Å². The highest BCUT2D eigenvalue weighted by Gasteiger charge is 2.23. The predicted octanol–water partition coefficient (Wildman–Crippen LogP) is 3.06. The van der Waals surface area contributed by atoms with Crippen molar-refractivity contribution in [3.63, 3.8) is 0 Å². The standard InChI is InChI=1S/C15H16FNO3S/c1-9(2)17(8-14(18)20-3)15(19)13-6-10-4-5-11(16)7-12(10)21-13/h4-7,9H,8H2,1-3H3. The van der Waals surface area contributed by atoms with Crippen LogP contribution >= 0.6 is 11.3 Å². The van der Waals surface area contributed by atoms with E-state index in [0.717, 1.165) is 5.39 Å². The van der Waals surface area contributed by atoms with Crippen LogP contribution in [-0.2, 0) is 9.53 Å². The van der Waals surface area contributed by atoms with Gasteiger partial charge in [-0.05, 0) is 37.4 Å². The van der Waals surface area contributed by atoms with Crippen LogP contribution in [0.15, 0.2) is 24.3 Å². The Hall–Kier alpha value is -1.95. The minimum absolute atomic E-state index is 0.102. The maximum absolute atomic E-state index is 13.2. The molecule has 1 amide bonds. The van der Waals surface area contributed by atoms with Gasteiger partial charge in [0.15, 0.2) is 0 Å². The molecular formula is C15H16FNO3S. The molecule has 0 N–H and O–H groups in total. The lowest BCUT2D eigenvalue weighted by Gasteiger charge is -2.24. The topological polar surface area (TPSA) is 46.6 Å². The number of fused-ring (bicyclic) bond motifs is 1. The summed E-state index contributed by atoms with van der Waals surface area (Å²) in [6.07, 6.45) is 0. The second-order valence-electron chi connectivity index (χ2n) is 4.90. The maximum atomic E-state index is 13.2. The van der Waals surface area contributed by atoms with Crippen molar-refractivity contribution in [1.82, 2.24) is 4.90 Å². The first-order valence-corrected chi connectivity index (χ1v) is 7.31. The lowest BCUT2D eigenvalue weighted by Crippen LogP contribution is -2.40. The molecule has 0 spiro atoms. The normalized spacial score (nSPS) is 10.9. The first-order chi connectivity index (χ1) is 9.92. The number of halogens is 1. The second kappa shape index (κ2) is 6.22. The number of nitrogens with zero attached hydrogens (tertiary/aromatic N) is 1. The van der Waals surface area contributed by atoms with Gasteiger partial charge in [0.1, 0.15) is 12.4 Å². The largest absolute Gasteiger partial charge is 0.468 e. The molecule has 2 rings (SSSR count). The Morgan fingerprint density at radius 1 is 1.33 bits per heavy atom. The summed E-state index contributed by atoms with van der Waals surface area (Å²) in [6.45, 7) is 3.55. The molecule has 0 fully saturated rings. The first-order valence-electron chi connectivity index (χ1n) is 6.49. The summed E-state index contributed by atoms with van der Waals surface area (Å²) in [4.78, 5) is 25.9. The van der Waals surface area contributed by atoms with E-state index in [4.69, 9.17) is 0 Å². The summed E-state index contributed by atoms with van der Waals surface area (Å²) in [5.74, 6) is -1.06. The van der Waals surface area contributed by atoms with Crippen LogP contribution in [0.4, 0.5) is 4.39 Å². The number of benzene rings is 1. The lowest BCUT2D eigenvalue weighted by atomic mass is 10.2. The van der Waals surface area contributed by atoms with Crippen LogP contribution in [0.1, 0.15) is 23.5 Å². The van der Waals surface area contributed by atoms with Crippen LogP contribution in [0.2, 0.25) is 0 Å². The second-order valence-corrected chi connectivity index (χ2v) is 5.98. The number of amides is 1. The third-order valence-electron chi connectivity index (χ3n) is 3.10. The highest BCUT2D eigenvalue weighted by atomic mass is 32.1. The number of ether oxygens (including phenoxy) is 1. The average Bonchev–Trinajstić information content (AvgIpc) is 2.86. The first kappa shape index (κ1) is 15.4. The van der Waals surface area contributed by atoms with Crippen molar-refractivity contribution in [3.05, 3.63) is 35.0 Å². The van der Waals surface area contributed by atoms with Gasteiger partial charge in [-0.3, -0.25) is 9.59 Å². The molecule has 0 aliphatic heterocycles. The fourth-order valence-electron chi connectivity index (χ4n) is 1.94. The Kier molecular flexibility index (Phi) is 4.57. The molecule has 6 heteroatoms. The van der Waals surface area contributed by atoms with Gasteiger partial charge in [-0.2, -0.15) is 0 Å². The van der Waals surface area contributed by atoms with Gasteiger partial charge in [0.2, 0.25) is 0 Å². The Morgan fingerprint density at radius 3 is 2.67 bits per heavy atom. The van der Waals surface area contributed by atoms with Crippen LogP contribution in [0.25, 0.3) is 10.1 Å². The molecule has 0 radical (unpaired) electrons. The number of esters is 1. The Balaban J connectivity index is 2.31. The monoisotopic (exact) mass is 309 g/mol. The van der Waals surface area contributed by atoms with Gasteiger partial charge in [-0.1, -0.05) is 6.07 Å². The Labute approximate surface area is 126 Å². The van der Waals surface area contributed by atoms with Crippen LogP contribution in [0, 0.1) is 5.82 Å². The fraction of sp³-hybridized carbons (Fsp3) is 0.333. The third-order valence-corrected chi connectivity index (χ3v) is 4.19. The molecule has 0 saturated heterocycles. The van der Waals surface area contributed by atoms with Crippen molar-refractivity contribution < 1.29 is 18.7 Å².